The second-order valence-corrected chi connectivity index (χ2v) is 6.04. The summed E-state index contributed by atoms with van der Waals surface area (Å²) in [6.45, 7) is -0.559. The van der Waals surface area contributed by atoms with E-state index in [0.29, 0.717) is 26.5 Å². The summed E-state index contributed by atoms with van der Waals surface area (Å²) in [5.74, 6) is -1.44. The Hall–Kier alpha value is -2.90. The van der Waals surface area contributed by atoms with E-state index >= 15 is 0 Å². The Kier molecular flexibility index (Phi) is 5.20. The lowest BCUT2D eigenvalue weighted by molar-refractivity contribution is -0.119. The Labute approximate surface area is 156 Å². The van der Waals surface area contributed by atoms with Crippen LogP contribution in [0.3, 0.4) is 0 Å². The minimum Gasteiger partial charge on any atom is -0.451 e. The van der Waals surface area contributed by atoms with Crippen LogP contribution in [0.4, 0.5) is 5.69 Å². The summed E-state index contributed by atoms with van der Waals surface area (Å²) in [4.78, 5) is 35.9. The van der Waals surface area contributed by atoms with Gasteiger partial charge in [0.15, 0.2) is 12.3 Å². The fourth-order valence-electron chi connectivity index (χ4n) is 2.25. The molecule has 0 unspecified atom stereocenters. The summed E-state index contributed by atoms with van der Waals surface area (Å²) in [5, 5.41) is 9.75. The summed E-state index contributed by atoms with van der Waals surface area (Å²) < 4.78 is 4.97. The van der Waals surface area contributed by atoms with Crippen LogP contribution in [0, 0.1) is 0 Å². The molecule has 26 heavy (non-hydrogen) atoms. The first kappa shape index (κ1) is 17.9. The molecule has 3 aromatic rings. The van der Waals surface area contributed by atoms with Gasteiger partial charge in [-0.1, -0.05) is 41.4 Å². The zero-order valence-electron chi connectivity index (χ0n) is 13.1. The third-order valence-corrected chi connectivity index (χ3v) is 3.99. The Morgan fingerprint density at radius 1 is 1.12 bits per heavy atom. The fraction of sp³-hybridized carbons (Fsp3) is 0.0588. The monoisotopic (exact) mass is 391 g/mol. The molecule has 0 aliphatic rings. The van der Waals surface area contributed by atoms with Gasteiger partial charge in [-0.15, -0.1) is 0 Å². The molecular formula is C17H11Cl2N3O4. The van der Waals surface area contributed by atoms with Gasteiger partial charge in [-0.2, -0.15) is 5.10 Å². The van der Waals surface area contributed by atoms with Gasteiger partial charge in [-0.05, 0) is 24.3 Å². The number of halogens is 2. The standard InChI is InChI=1S/C17H11Cl2N3O4/c18-9-5-6-12(19)13(7-9)20-14(23)8-26-17(25)15-10-3-1-2-4-11(10)16(24)22-21-15/h1-7H,8H2,(H,20,23)(H,22,24). The van der Waals surface area contributed by atoms with Gasteiger partial charge in [0, 0.05) is 10.4 Å². The molecule has 0 spiro atoms. The molecule has 1 amide bonds. The molecule has 2 aromatic carbocycles. The van der Waals surface area contributed by atoms with Gasteiger partial charge in [0.1, 0.15) is 0 Å². The van der Waals surface area contributed by atoms with E-state index in [9.17, 15) is 14.4 Å². The predicted octanol–water partition coefficient (Wildman–Crippen LogP) is 3.03. The van der Waals surface area contributed by atoms with Crippen molar-refractivity contribution >= 4 is 51.5 Å². The number of aromatic amines is 1. The Morgan fingerprint density at radius 2 is 1.85 bits per heavy atom. The van der Waals surface area contributed by atoms with Crippen LogP contribution in [0.5, 0.6) is 0 Å². The van der Waals surface area contributed by atoms with Crippen LogP contribution in [0.2, 0.25) is 10.0 Å². The number of H-pyrrole nitrogens is 1. The number of ether oxygens (including phenoxy) is 1. The first-order valence-corrected chi connectivity index (χ1v) is 8.11. The SMILES string of the molecule is O=C(COC(=O)c1n[nH]c(=O)c2ccccc12)Nc1cc(Cl)ccc1Cl. The number of rotatable bonds is 4. The molecular weight excluding hydrogens is 381 g/mol. The van der Waals surface area contributed by atoms with Crippen molar-refractivity contribution in [3.05, 3.63) is 68.6 Å². The number of benzene rings is 2. The van der Waals surface area contributed by atoms with Gasteiger partial charge in [-0.25, -0.2) is 9.89 Å². The molecule has 0 saturated carbocycles. The normalized spacial score (nSPS) is 10.5. The van der Waals surface area contributed by atoms with Crippen molar-refractivity contribution in [2.45, 2.75) is 0 Å². The number of amides is 1. The van der Waals surface area contributed by atoms with E-state index in [1.54, 1.807) is 30.3 Å². The molecule has 0 aliphatic carbocycles. The molecule has 2 N–H and O–H groups in total. The van der Waals surface area contributed by atoms with E-state index in [1.807, 2.05) is 0 Å². The summed E-state index contributed by atoms with van der Waals surface area (Å²) >= 11 is 11.8. The third kappa shape index (κ3) is 3.84. The number of hydrogen-bond acceptors (Lipinski definition) is 5. The smallest absolute Gasteiger partial charge is 0.359 e. The second kappa shape index (κ2) is 7.55. The highest BCUT2D eigenvalue weighted by Crippen LogP contribution is 2.25. The number of hydrogen-bond donors (Lipinski definition) is 2. The molecule has 132 valence electrons. The van der Waals surface area contributed by atoms with Crippen LogP contribution in [0.1, 0.15) is 10.5 Å². The number of esters is 1. The number of carbonyl (C=O) groups is 2. The molecule has 9 heteroatoms. The molecule has 0 fully saturated rings. The van der Waals surface area contributed by atoms with E-state index < -0.39 is 24.0 Å². The average Bonchev–Trinajstić information content (AvgIpc) is 2.63. The minimum absolute atomic E-state index is 0.0891. The highest BCUT2D eigenvalue weighted by atomic mass is 35.5. The highest BCUT2D eigenvalue weighted by molar-refractivity contribution is 6.35. The molecule has 1 heterocycles. The van der Waals surface area contributed by atoms with Crippen LogP contribution in [-0.2, 0) is 9.53 Å². The summed E-state index contributed by atoms with van der Waals surface area (Å²) in [6.07, 6.45) is 0. The van der Waals surface area contributed by atoms with Gasteiger partial charge in [-0.3, -0.25) is 9.59 Å². The summed E-state index contributed by atoms with van der Waals surface area (Å²) in [7, 11) is 0. The van der Waals surface area contributed by atoms with E-state index in [-0.39, 0.29) is 5.69 Å². The average molecular weight is 392 g/mol. The van der Waals surface area contributed by atoms with Crippen LogP contribution >= 0.6 is 23.2 Å². The molecule has 1 aromatic heterocycles. The largest absolute Gasteiger partial charge is 0.451 e. The number of nitrogens with zero attached hydrogens (tertiary/aromatic N) is 1. The van der Waals surface area contributed by atoms with E-state index in [0.717, 1.165) is 0 Å². The number of anilines is 1. The van der Waals surface area contributed by atoms with Crippen LogP contribution in [-0.4, -0.2) is 28.7 Å². The number of fused-ring (bicyclic) bond motifs is 1. The molecule has 0 bridgehead atoms. The van der Waals surface area contributed by atoms with Crippen LogP contribution < -0.4 is 10.9 Å². The maximum absolute atomic E-state index is 12.2. The fourth-order valence-corrected chi connectivity index (χ4v) is 2.59. The van der Waals surface area contributed by atoms with Crippen LogP contribution in [0.15, 0.2) is 47.3 Å². The quantitative estimate of drug-likeness (QED) is 0.665. The first-order chi connectivity index (χ1) is 12.5. The van der Waals surface area contributed by atoms with Crippen molar-refractivity contribution in [2.75, 3.05) is 11.9 Å². The Bertz CT molecular complexity index is 1070. The molecule has 0 aliphatic heterocycles. The first-order valence-electron chi connectivity index (χ1n) is 7.35. The van der Waals surface area contributed by atoms with Crippen LogP contribution in [0.25, 0.3) is 10.8 Å². The molecule has 7 nitrogen and oxygen atoms in total. The van der Waals surface area contributed by atoms with Crippen molar-refractivity contribution in [1.82, 2.24) is 10.2 Å². The Morgan fingerprint density at radius 3 is 2.62 bits per heavy atom. The molecule has 0 atom stereocenters. The summed E-state index contributed by atoms with van der Waals surface area (Å²) in [6, 6.07) is 11.0. The topological polar surface area (TPSA) is 101 Å². The predicted molar refractivity (Wildman–Crippen MR) is 97.7 cm³/mol. The molecule has 0 radical (unpaired) electrons. The van der Waals surface area contributed by atoms with Crippen molar-refractivity contribution in [1.29, 1.82) is 0 Å². The lowest BCUT2D eigenvalue weighted by Crippen LogP contribution is -2.22. The van der Waals surface area contributed by atoms with Gasteiger partial charge in [0.2, 0.25) is 0 Å². The van der Waals surface area contributed by atoms with E-state index in [1.165, 1.54) is 12.1 Å². The van der Waals surface area contributed by atoms with Gasteiger partial charge in [0.05, 0.1) is 16.1 Å². The second-order valence-electron chi connectivity index (χ2n) is 5.20. The minimum atomic E-state index is -0.843. The van der Waals surface area contributed by atoms with E-state index in [2.05, 4.69) is 15.5 Å². The zero-order chi connectivity index (χ0) is 18.7. The lowest BCUT2D eigenvalue weighted by atomic mass is 10.1. The molecule has 0 saturated heterocycles. The van der Waals surface area contributed by atoms with Crippen molar-refractivity contribution in [2.24, 2.45) is 0 Å². The van der Waals surface area contributed by atoms with Crippen molar-refractivity contribution in [3.63, 3.8) is 0 Å². The third-order valence-electron chi connectivity index (χ3n) is 3.43. The zero-order valence-corrected chi connectivity index (χ0v) is 14.6. The molecule has 3 rings (SSSR count). The number of nitrogens with one attached hydrogen (secondary N) is 2. The summed E-state index contributed by atoms with van der Waals surface area (Å²) in [5.41, 5.74) is -0.216. The number of carbonyl (C=O) groups excluding carboxylic acids is 2. The maximum Gasteiger partial charge on any atom is 0.359 e. The lowest BCUT2D eigenvalue weighted by Gasteiger charge is -2.09. The van der Waals surface area contributed by atoms with Crippen molar-refractivity contribution < 1.29 is 14.3 Å². The maximum atomic E-state index is 12.2. The van der Waals surface area contributed by atoms with Gasteiger partial charge < -0.3 is 10.1 Å². The Balaban J connectivity index is 1.71. The van der Waals surface area contributed by atoms with Gasteiger partial charge in [0.25, 0.3) is 11.5 Å². The highest BCUT2D eigenvalue weighted by Gasteiger charge is 2.17. The van der Waals surface area contributed by atoms with E-state index in [4.69, 9.17) is 27.9 Å². The van der Waals surface area contributed by atoms with Gasteiger partial charge >= 0.3 is 5.97 Å². The number of aromatic nitrogens is 2. The van der Waals surface area contributed by atoms with Crippen molar-refractivity contribution in [3.8, 4) is 0 Å².